The van der Waals surface area contributed by atoms with Crippen LogP contribution in [0.4, 0.5) is 10.5 Å². The van der Waals surface area contributed by atoms with Crippen molar-refractivity contribution in [2.45, 2.75) is 20.5 Å². The standard InChI is InChI=1S/C28H24Cl3N3O5/c1-3-38-24-13-18(11-22(31)26(24)39-15-17-7-8-20(29)21(30)10-17)12-23-27(36)34(28(37)33-23)14-25(35)32-19-6-4-5-16(2)9-19/h4-13H,3,14-15H2,1-2H3,(H,32,35)(H,33,37)/b23-12+. The number of ether oxygens (including phenoxy) is 2. The van der Waals surface area contributed by atoms with Crippen molar-refractivity contribution in [3.05, 3.63) is 92.1 Å². The van der Waals surface area contributed by atoms with Gasteiger partial charge in [0.25, 0.3) is 5.91 Å². The third kappa shape index (κ3) is 7.03. The number of benzene rings is 3. The van der Waals surface area contributed by atoms with Gasteiger partial charge in [-0.25, -0.2) is 9.69 Å². The number of nitrogens with zero attached hydrogens (tertiary/aromatic N) is 1. The molecule has 1 aliphatic heterocycles. The van der Waals surface area contributed by atoms with Gasteiger partial charge in [0.05, 0.1) is 21.7 Å². The molecule has 1 aliphatic rings. The van der Waals surface area contributed by atoms with Crippen molar-refractivity contribution in [2.75, 3.05) is 18.5 Å². The van der Waals surface area contributed by atoms with E-state index in [1.165, 1.54) is 6.08 Å². The molecule has 11 heteroatoms. The highest BCUT2D eigenvalue weighted by molar-refractivity contribution is 6.42. The highest BCUT2D eigenvalue weighted by atomic mass is 35.5. The number of imide groups is 1. The summed E-state index contributed by atoms with van der Waals surface area (Å²) in [5.74, 6) is -0.491. The number of amides is 4. The van der Waals surface area contributed by atoms with Crippen LogP contribution in [0.25, 0.3) is 6.08 Å². The molecule has 1 saturated heterocycles. The van der Waals surface area contributed by atoms with E-state index in [1.54, 1.807) is 48.5 Å². The third-order valence-electron chi connectivity index (χ3n) is 5.58. The predicted octanol–water partition coefficient (Wildman–Crippen LogP) is 6.46. The molecule has 1 heterocycles. The zero-order valence-corrected chi connectivity index (χ0v) is 23.3. The summed E-state index contributed by atoms with van der Waals surface area (Å²) in [7, 11) is 0. The van der Waals surface area contributed by atoms with Crippen LogP contribution < -0.4 is 20.1 Å². The lowest BCUT2D eigenvalue weighted by Gasteiger charge is -2.15. The average molecular weight is 589 g/mol. The second kappa shape index (κ2) is 12.4. The molecule has 0 bridgehead atoms. The first kappa shape index (κ1) is 28.3. The molecule has 3 aromatic carbocycles. The summed E-state index contributed by atoms with van der Waals surface area (Å²) in [5.41, 5.74) is 2.79. The largest absolute Gasteiger partial charge is 0.490 e. The second-order valence-corrected chi connectivity index (χ2v) is 9.82. The number of rotatable bonds is 9. The van der Waals surface area contributed by atoms with Gasteiger partial charge in [-0.3, -0.25) is 9.59 Å². The van der Waals surface area contributed by atoms with Crippen molar-refractivity contribution in [1.82, 2.24) is 10.2 Å². The monoisotopic (exact) mass is 587 g/mol. The van der Waals surface area contributed by atoms with Gasteiger partial charge in [0.2, 0.25) is 5.91 Å². The summed E-state index contributed by atoms with van der Waals surface area (Å²) in [6.07, 6.45) is 1.45. The summed E-state index contributed by atoms with van der Waals surface area (Å²) in [6, 6.07) is 14.8. The molecule has 1 fully saturated rings. The van der Waals surface area contributed by atoms with E-state index in [9.17, 15) is 14.4 Å². The van der Waals surface area contributed by atoms with E-state index in [-0.39, 0.29) is 17.3 Å². The van der Waals surface area contributed by atoms with E-state index in [2.05, 4.69) is 10.6 Å². The Hall–Kier alpha value is -3.72. The average Bonchev–Trinajstić information content (AvgIpc) is 3.13. The van der Waals surface area contributed by atoms with E-state index in [1.807, 2.05) is 19.9 Å². The molecule has 3 aromatic rings. The van der Waals surface area contributed by atoms with Crippen molar-refractivity contribution in [1.29, 1.82) is 0 Å². The van der Waals surface area contributed by atoms with E-state index < -0.39 is 24.4 Å². The van der Waals surface area contributed by atoms with Crippen molar-refractivity contribution in [3.8, 4) is 11.5 Å². The Labute approximate surface area is 240 Å². The Bertz CT molecular complexity index is 1470. The Kier molecular flexibility index (Phi) is 9.01. The van der Waals surface area contributed by atoms with Gasteiger partial charge in [-0.1, -0.05) is 53.0 Å². The fourth-order valence-corrected chi connectivity index (χ4v) is 4.40. The van der Waals surface area contributed by atoms with Crippen LogP contribution in [0, 0.1) is 6.92 Å². The Balaban J connectivity index is 1.49. The summed E-state index contributed by atoms with van der Waals surface area (Å²) in [5, 5.41) is 6.26. The quantitative estimate of drug-likeness (QED) is 0.221. The number of hydrogen-bond donors (Lipinski definition) is 2. The zero-order chi connectivity index (χ0) is 28.1. The second-order valence-electron chi connectivity index (χ2n) is 8.60. The minimum absolute atomic E-state index is 0.00801. The molecule has 39 heavy (non-hydrogen) atoms. The summed E-state index contributed by atoms with van der Waals surface area (Å²) in [6.45, 7) is 3.75. The molecular weight excluding hydrogens is 565 g/mol. The number of halogens is 3. The number of carbonyl (C=O) groups is 3. The summed E-state index contributed by atoms with van der Waals surface area (Å²) in [4.78, 5) is 38.7. The maximum atomic E-state index is 12.9. The first-order chi connectivity index (χ1) is 18.6. The molecule has 0 radical (unpaired) electrons. The van der Waals surface area contributed by atoms with E-state index >= 15 is 0 Å². The molecule has 4 amide bonds. The van der Waals surface area contributed by atoms with E-state index in [4.69, 9.17) is 44.3 Å². The smallest absolute Gasteiger partial charge is 0.329 e. The van der Waals surface area contributed by atoms with E-state index in [0.717, 1.165) is 16.0 Å². The Morgan fingerprint density at radius 1 is 1.00 bits per heavy atom. The minimum Gasteiger partial charge on any atom is -0.490 e. The molecule has 0 saturated carbocycles. The first-order valence-electron chi connectivity index (χ1n) is 11.9. The van der Waals surface area contributed by atoms with Crippen molar-refractivity contribution in [2.24, 2.45) is 0 Å². The highest BCUT2D eigenvalue weighted by Gasteiger charge is 2.35. The van der Waals surface area contributed by atoms with Crippen LogP contribution in [0.3, 0.4) is 0 Å². The van der Waals surface area contributed by atoms with Gasteiger partial charge in [0, 0.05) is 5.69 Å². The molecule has 202 valence electrons. The predicted molar refractivity (Wildman–Crippen MR) is 151 cm³/mol. The van der Waals surface area contributed by atoms with Gasteiger partial charge in [-0.15, -0.1) is 0 Å². The molecule has 4 rings (SSSR count). The molecule has 0 unspecified atom stereocenters. The van der Waals surface area contributed by atoms with Crippen LogP contribution >= 0.6 is 34.8 Å². The summed E-state index contributed by atoms with van der Waals surface area (Å²) < 4.78 is 11.6. The van der Waals surface area contributed by atoms with Crippen LogP contribution in [0.15, 0.2) is 60.3 Å². The SMILES string of the molecule is CCOc1cc(/C=C2/NC(=O)N(CC(=O)Nc3cccc(C)c3)C2=O)cc(Cl)c1OCc1ccc(Cl)c(Cl)c1. The maximum absolute atomic E-state index is 12.9. The van der Waals surface area contributed by atoms with Gasteiger partial charge in [0.15, 0.2) is 11.5 Å². The minimum atomic E-state index is -0.705. The van der Waals surface area contributed by atoms with Gasteiger partial charge < -0.3 is 20.1 Å². The van der Waals surface area contributed by atoms with Gasteiger partial charge in [0.1, 0.15) is 18.8 Å². The first-order valence-corrected chi connectivity index (χ1v) is 13.0. The van der Waals surface area contributed by atoms with Crippen molar-refractivity contribution < 1.29 is 23.9 Å². The molecule has 0 aromatic heterocycles. The normalized spacial score (nSPS) is 14.0. The topological polar surface area (TPSA) is 97.0 Å². The van der Waals surface area contributed by atoms with Gasteiger partial charge in [-0.2, -0.15) is 0 Å². The third-order valence-corrected chi connectivity index (χ3v) is 6.60. The fourth-order valence-electron chi connectivity index (χ4n) is 3.81. The number of nitrogens with one attached hydrogen (secondary N) is 2. The molecule has 8 nitrogen and oxygen atoms in total. The maximum Gasteiger partial charge on any atom is 0.329 e. The molecule has 0 aliphatic carbocycles. The number of anilines is 1. The van der Waals surface area contributed by atoms with Gasteiger partial charge in [-0.05, 0) is 73.0 Å². The Morgan fingerprint density at radius 3 is 2.51 bits per heavy atom. The van der Waals surface area contributed by atoms with Crippen LogP contribution in [0.5, 0.6) is 11.5 Å². The molecular formula is C28H24Cl3N3O5. The van der Waals surface area contributed by atoms with Gasteiger partial charge >= 0.3 is 6.03 Å². The lowest BCUT2D eigenvalue weighted by Crippen LogP contribution is -2.38. The molecule has 0 atom stereocenters. The highest BCUT2D eigenvalue weighted by Crippen LogP contribution is 2.38. The van der Waals surface area contributed by atoms with Crippen LogP contribution in [0.2, 0.25) is 15.1 Å². The number of carbonyl (C=O) groups excluding carboxylic acids is 3. The molecule has 0 spiro atoms. The van der Waals surface area contributed by atoms with Crippen LogP contribution in [-0.2, 0) is 16.2 Å². The lowest BCUT2D eigenvalue weighted by atomic mass is 10.1. The number of urea groups is 1. The van der Waals surface area contributed by atoms with Crippen molar-refractivity contribution in [3.63, 3.8) is 0 Å². The number of hydrogen-bond acceptors (Lipinski definition) is 5. The Morgan fingerprint density at radius 2 is 1.79 bits per heavy atom. The zero-order valence-electron chi connectivity index (χ0n) is 21.0. The van der Waals surface area contributed by atoms with Crippen molar-refractivity contribution >= 4 is 64.4 Å². The number of aryl methyl sites for hydroxylation is 1. The lowest BCUT2D eigenvalue weighted by molar-refractivity contribution is -0.127. The molecule has 2 N–H and O–H groups in total. The van der Waals surface area contributed by atoms with Crippen LogP contribution in [0.1, 0.15) is 23.6 Å². The van der Waals surface area contributed by atoms with Crippen LogP contribution in [-0.4, -0.2) is 35.9 Å². The van der Waals surface area contributed by atoms with E-state index in [0.29, 0.717) is 39.4 Å². The fraction of sp³-hybridized carbons (Fsp3) is 0.179. The summed E-state index contributed by atoms with van der Waals surface area (Å²) >= 11 is 18.6.